The zero-order chi connectivity index (χ0) is 29.6. The lowest BCUT2D eigenvalue weighted by Crippen LogP contribution is -2.08. The van der Waals surface area contributed by atoms with Crippen molar-refractivity contribution in [1.82, 2.24) is 4.57 Å². The first-order chi connectivity index (χ1) is 21.7. The Morgan fingerprint density at radius 1 is 0.636 bits per heavy atom. The van der Waals surface area contributed by atoms with Crippen LogP contribution in [0.25, 0.3) is 53.2 Å². The lowest BCUT2D eigenvalue weighted by molar-refractivity contribution is 0.913. The third-order valence-corrected chi connectivity index (χ3v) is 9.55. The summed E-state index contributed by atoms with van der Waals surface area (Å²) in [5.41, 5.74) is 14.8. The summed E-state index contributed by atoms with van der Waals surface area (Å²) in [5, 5.41) is 14.7. The molecule has 4 heteroatoms. The molecule has 0 radical (unpaired) electrons. The molecule has 0 aliphatic heterocycles. The molecule has 0 saturated heterocycles. The van der Waals surface area contributed by atoms with Gasteiger partial charge in [-0.3, -0.25) is 0 Å². The van der Waals surface area contributed by atoms with Crippen LogP contribution in [0.15, 0.2) is 146 Å². The van der Waals surface area contributed by atoms with Crippen LogP contribution < -0.4 is 5.73 Å². The minimum absolute atomic E-state index is 0.311. The normalized spacial score (nSPS) is 12.7. The molecular formula is C40H27N3S. The van der Waals surface area contributed by atoms with E-state index in [-0.39, 0.29) is 6.04 Å². The van der Waals surface area contributed by atoms with Crippen molar-refractivity contribution in [3.8, 4) is 11.8 Å². The van der Waals surface area contributed by atoms with Crippen molar-refractivity contribution in [3.05, 3.63) is 168 Å². The molecule has 6 aromatic carbocycles. The quantitative estimate of drug-likeness (QED) is 0.220. The Hall–Kier alpha value is -5.47. The minimum Gasteiger partial charge on any atom is -0.321 e. The summed E-state index contributed by atoms with van der Waals surface area (Å²) in [5.74, 6) is 0. The summed E-state index contributed by atoms with van der Waals surface area (Å²) in [6.45, 7) is 0. The van der Waals surface area contributed by atoms with E-state index in [1.54, 1.807) is 0 Å². The molecule has 2 heterocycles. The van der Waals surface area contributed by atoms with E-state index >= 15 is 0 Å². The van der Waals surface area contributed by atoms with Crippen molar-refractivity contribution in [2.24, 2.45) is 5.73 Å². The van der Waals surface area contributed by atoms with E-state index in [4.69, 9.17) is 5.73 Å². The molecule has 2 N–H and O–H groups in total. The Kier molecular flexibility index (Phi) is 6.34. The first kappa shape index (κ1) is 26.2. The van der Waals surface area contributed by atoms with Crippen LogP contribution in [-0.4, -0.2) is 4.57 Å². The van der Waals surface area contributed by atoms with Gasteiger partial charge in [0, 0.05) is 42.7 Å². The predicted octanol–water partition coefficient (Wildman–Crippen LogP) is 10.2. The molecule has 0 bridgehead atoms. The molecule has 3 nitrogen and oxygen atoms in total. The van der Waals surface area contributed by atoms with Gasteiger partial charge in [0.05, 0.1) is 22.7 Å². The van der Waals surface area contributed by atoms with E-state index in [1.165, 1.54) is 42.0 Å². The molecular weight excluding hydrogens is 555 g/mol. The van der Waals surface area contributed by atoms with Gasteiger partial charge in [-0.1, -0.05) is 97.1 Å². The molecule has 1 unspecified atom stereocenters. The Balaban J connectivity index is 1.36. The van der Waals surface area contributed by atoms with Gasteiger partial charge < -0.3 is 10.3 Å². The number of aromatic nitrogens is 1. The SMILES string of the molecule is N#Cc1cccc(/C(=C/C(N)c2ccccc2)c2cccc(-n3c4ccccc4c4cc5sc6ccccc6c5cc43)c2)c1. The maximum absolute atomic E-state index is 9.67. The number of hydrogen-bond acceptors (Lipinski definition) is 3. The highest BCUT2D eigenvalue weighted by atomic mass is 32.1. The van der Waals surface area contributed by atoms with Gasteiger partial charge in [-0.2, -0.15) is 5.26 Å². The molecule has 1 atom stereocenters. The van der Waals surface area contributed by atoms with Crippen LogP contribution in [0.1, 0.15) is 28.3 Å². The average Bonchev–Trinajstić information content (AvgIpc) is 3.61. The van der Waals surface area contributed by atoms with Gasteiger partial charge in [0.15, 0.2) is 0 Å². The Morgan fingerprint density at radius 3 is 2.20 bits per heavy atom. The number of rotatable bonds is 5. The van der Waals surface area contributed by atoms with Crippen molar-refractivity contribution in [3.63, 3.8) is 0 Å². The van der Waals surface area contributed by atoms with E-state index < -0.39 is 0 Å². The third kappa shape index (κ3) is 4.39. The minimum atomic E-state index is -0.311. The number of nitriles is 1. The van der Waals surface area contributed by atoms with Gasteiger partial charge in [0.1, 0.15) is 0 Å². The molecule has 0 saturated carbocycles. The summed E-state index contributed by atoms with van der Waals surface area (Å²) >= 11 is 1.85. The number of fused-ring (bicyclic) bond motifs is 6. The number of nitrogens with two attached hydrogens (primary N) is 1. The second-order valence-electron chi connectivity index (χ2n) is 11.1. The molecule has 0 fully saturated rings. The number of para-hydroxylation sites is 1. The monoisotopic (exact) mass is 581 g/mol. The van der Waals surface area contributed by atoms with E-state index in [2.05, 4.69) is 108 Å². The molecule has 0 aliphatic rings. The standard InChI is InChI=1S/C40H27N3S/c41-25-26-10-8-13-28(20-26)33(22-36(42)27-11-2-1-3-12-27)29-14-9-15-30(21-29)43-37-18-6-4-16-31(37)34-24-40-35(23-38(34)43)32-17-5-7-19-39(32)44-40/h1-24,36H,42H2/b33-22-. The molecule has 208 valence electrons. The second-order valence-corrected chi connectivity index (χ2v) is 12.2. The first-order valence-corrected chi connectivity index (χ1v) is 15.5. The number of benzene rings is 6. The second kappa shape index (κ2) is 10.7. The molecule has 0 spiro atoms. The maximum atomic E-state index is 9.67. The van der Waals surface area contributed by atoms with E-state index in [0.717, 1.165) is 28.0 Å². The summed E-state index contributed by atoms with van der Waals surface area (Å²) < 4.78 is 4.98. The number of nitrogens with zero attached hydrogens (tertiary/aromatic N) is 2. The molecule has 2 aromatic heterocycles. The van der Waals surface area contributed by atoms with Crippen LogP contribution in [0.5, 0.6) is 0 Å². The van der Waals surface area contributed by atoms with Gasteiger partial charge >= 0.3 is 0 Å². The van der Waals surface area contributed by atoms with Crippen LogP contribution in [0.2, 0.25) is 0 Å². The van der Waals surface area contributed by atoms with E-state index in [0.29, 0.717) is 5.56 Å². The van der Waals surface area contributed by atoms with Gasteiger partial charge in [0.2, 0.25) is 0 Å². The van der Waals surface area contributed by atoms with Crippen molar-refractivity contribution >= 4 is 58.9 Å². The maximum Gasteiger partial charge on any atom is 0.0991 e. The van der Waals surface area contributed by atoms with Crippen molar-refractivity contribution in [2.45, 2.75) is 6.04 Å². The summed E-state index contributed by atoms with van der Waals surface area (Å²) in [6.07, 6.45) is 2.11. The smallest absolute Gasteiger partial charge is 0.0991 e. The fourth-order valence-electron chi connectivity index (χ4n) is 6.34. The predicted molar refractivity (Wildman–Crippen MR) is 185 cm³/mol. The summed E-state index contributed by atoms with van der Waals surface area (Å²) in [6, 6.07) is 50.5. The lowest BCUT2D eigenvalue weighted by Gasteiger charge is -2.16. The molecule has 0 aliphatic carbocycles. The lowest BCUT2D eigenvalue weighted by atomic mass is 9.93. The highest BCUT2D eigenvalue weighted by Crippen LogP contribution is 2.41. The molecule has 44 heavy (non-hydrogen) atoms. The zero-order valence-electron chi connectivity index (χ0n) is 23.8. The van der Waals surface area contributed by atoms with Gasteiger partial charge in [-0.05, 0) is 70.8 Å². The fourth-order valence-corrected chi connectivity index (χ4v) is 7.47. The topological polar surface area (TPSA) is 54.7 Å². The van der Waals surface area contributed by atoms with Crippen LogP contribution in [0.4, 0.5) is 0 Å². The third-order valence-electron chi connectivity index (χ3n) is 8.42. The van der Waals surface area contributed by atoms with Gasteiger partial charge in [-0.15, -0.1) is 11.3 Å². The highest BCUT2D eigenvalue weighted by molar-refractivity contribution is 7.25. The van der Waals surface area contributed by atoms with E-state index in [9.17, 15) is 5.26 Å². The fraction of sp³-hybridized carbons (Fsp3) is 0.0250. The largest absolute Gasteiger partial charge is 0.321 e. The Labute approximate surface area is 259 Å². The Bertz CT molecular complexity index is 2420. The molecule has 8 rings (SSSR count). The van der Waals surface area contributed by atoms with Crippen LogP contribution in [0, 0.1) is 11.3 Å². The number of thiophene rings is 1. The van der Waals surface area contributed by atoms with Gasteiger partial charge in [0.25, 0.3) is 0 Å². The summed E-state index contributed by atoms with van der Waals surface area (Å²) in [7, 11) is 0. The molecule has 0 amide bonds. The average molecular weight is 582 g/mol. The van der Waals surface area contributed by atoms with Crippen LogP contribution in [-0.2, 0) is 0 Å². The number of hydrogen-bond donors (Lipinski definition) is 1. The zero-order valence-corrected chi connectivity index (χ0v) is 24.6. The van der Waals surface area contributed by atoms with Gasteiger partial charge in [-0.25, -0.2) is 0 Å². The first-order valence-electron chi connectivity index (χ1n) is 14.7. The van der Waals surface area contributed by atoms with Crippen LogP contribution in [0.3, 0.4) is 0 Å². The summed E-state index contributed by atoms with van der Waals surface area (Å²) in [4.78, 5) is 0. The molecule has 8 aromatic rings. The van der Waals surface area contributed by atoms with Crippen molar-refractivity contribution in [2.75, 3.05) is 0 Å². The Morgan fingerprint density at radius 2 is 1.36 bits per heavy atom. The van der Waals surface area contributed by atoms with Crippen molar-refractivity contribution < 1.29 is 0 Å². The van der Waals surface area contributed by atoms with E-state index in [1.807, 2.05) is 59.9 Å². The van der Waals surface area contributed by atoms with Crippen LogP contribution >= 0.6 is 11.3 Å². The van der Waals surface area contributed by atoms with Crippen molar-refractivity contribution in [1.29, 1.82) is 5.26 Å². The highest BCUT2D eigenvalue weighted by Gasteiger charge is 2.17.